The van der Waals surface area contributed by atoms with Crippen molar-refractivity contribution in [3.63, 3.8) is 0 Å². The van der Waals surface area contributed by atoms with Crippen LogP contribution in [0.25, 0.3) is 0 Å². The van der Waals surface area contributed by atoms with E-state index >= 15 is 0 Å². The molecule has 6 atom stereocenters. The van der Waals surface area contributed by atoms with E-state index in [0.717, 1.165) is 32.1 Å². The van der Waals surface area contributed by atoms with E-state index in [9.17, 15) is 29.3 Å². The first kappa shape index (κ1) is 51.1. The van der Waals surface area contributed by atoms with Crippen LogP contribution in [0.5, 0.6) is 0 Å². The Balaban J connectivity index is 2.35. The van der Waals surface area contributed by atoms with E-state index in [-0.39, 0.29) is 31.7 Å². The molecule has 1 rings (SSSR count). The van der Waals surface area contributed by atoms with Crippen molar-refractivity contribution in [3.8, 4) is 0 Å². The smallest absolute Gasteiger partial charge is 0.462 e. The number of phosphoric ester groups is 1. The molecule has 320 valence electrons. The number of aliphatic hydroxyl groups excluding tert-OH is 3. The van der Waals surface area contributed by atoms with Crippen LogP contribution in [0.3, 0.4) is 0 Å². The maximum atomic E-state index is 12.6. The van der Waals surface area contributed by atoms with Gasteiger partial charge in [-0.3, -0.25) is 18.6 Å². The number of aliphatic hydroxyl groups is 3. The molecule has 0 amide bonds. The average Bonchev–Trinajstić information content (AvgIpc) is 3.93. The van der Waals surface area contributed by atoms with E-state index in [2.05, 4.69) is 30.5 Å². The summed E-state index contributed by atoms with van der Waals surface area (Å²) in [5.41, 5.74) is 0. The molecule has 0 radical (unpaired) electrons. The van der Waals surface area contributed by atoms with Gasteiger partial charge in [-0.1, -0.05) is 140 Å². The van der Waals surface area contributed by atoms with Gasteiger partial charge in [0.05, 0.1) is 32.0 Å². The lowest BCUT2D eigenvalue weighted by Gasteiger charge is -2.20. The summed E-state index contributed by atoms with van der Waals surface area (Å²) in [6.07, 6.45) is 31.6. The van der Waals surface area contributed by atoms with Gasteiger partial charge in [0.25, 0.3) is 0 Å². The van der Waals surface area contributed by atoms with E-state index < -0.39 is 57.9 Å². The maximum Gasteiger partial charge on any atom is 0.472 e. The van der Waals surface area contributed by atoms with Crippen molar-refractivity contribution < 1.29 is 57.6 Å². The van der Waals surface area contributed by atoms with Gasteiger partial charge in [0.15, 0.2) is 6.10 Å². The van der Waals surface area contributed by atoms with E-state index in [4.69, 9.17) is 23.8 Å². The van der Waals surface area contributed by atoms with Crippen molar-refractivity contribution in [2.45, 2.75) is 192 Å². The van der Waals surface area contributed by atoms with Gasteiger partial charge >= 0.3 is 19.8 Å². The minimum absolute atomic E-state index is 0.0413. The summed E-state index contributed by atoms with van der Waals surface area (Å²) in [4.78, 5) is 35.0. The molecular formula is C42H75O12P. The van der Waals surface area contributed by atoms with Gasteiger partial charge in [0.2, 0.25) is 0 Å². The SMILES string of the molecule is CCCCC/C=C/CC1OC1/C=C\C(O)C/C=C/CCCC(=O)OC(COC(=O)CCCCCCCCCCCCCCC)COP(=O)(O)OCC(O)CO. The van der Waals surface area contributed by atoms with Gasteiger partial charge < -0.3 is 34.4 Å². The Hall–Kier alpha value is -1.89. The van der Waals surface area contributed by atoms with Crippen molar-refractivity contribution in [2.75, 3.05) is 26.4 Å². The average molecular weight is 803 g/mol. The largest absolute Gasteiger partial charge is 0.472 e. The third-order valence-corrected chi connectivity index (χ3v) is 10.2. The second-order valence-corrected chi connectivity index (χ2v) is 16.0. The summed E-state index contributed by atoms with van der Waals surface area (Å²) in [5, 5.41) is 28.6. The van der Waals surface area contributed by atoms with Crippen molar-refractivity contribution in [2.24, 2.45) is 0 Å². The third kappa shape index (κ3) is 31.8. The molecule has 1 saturated heterocycles. The normalized spacial score (nSPS) is 18.5. The molecule has 0 spiro atoms. The lowest BCUT2D eigenvalue weighted by Crippen LogP contribution is -2.29. The molecule has 12 nitrogen and oxygen atoms in total. The Kier molecular flexibility index (Phi) is 31.8. The number of phosphoric acid groups is 1. The fraction of sp³-hybridized carbons (Fsp3) is 0.810. The van der Waals surface area contributed by atoms with E-state index in [1.165, 1.54) is 77.0 Å². The van der Waals surface area contributed by atoms with Crippen LogP contribution in [-0.2, 0) is 37.4 Å². The quantitative estimate of drug-likeness (QED) is 0.0153. The molecule has 0 aromatic carbocycles. The summed E-state index contributed by atoms with van der Waals surface area (Å²) in [6.45, 7) is 2.16. The van der Waals surface area contributed by atoms with Crippen LogP contribution >= 0.6 is 7.82 Å². The topological polar surface area (TPSA) is 182 Å². The molecule has 6 unspecified atom stereocenters. The molecule has 1 heterocycles. The predicted octanol–water partition coefficient (Wildman–Crippen LogP) is 8.74. The van der Waals surface area contributed by atoms with Gasteiger partial charge in [0, 0.05) is 12.8 Å². The summed E-state index contributed by atoms with van der Waals surface area (Å²) < 4.78 is 38.2. The summed E-state index contributed by atoms with van der Waals surface area (Å²) in [5.74, 6) is -1.06. The summed E-state index contributed by atoms with van der Waals surface area (Å²) in [6, 6.07) is 0. The lowest BCUT2D eigenvalue weighted by molar-refractivity contribution is -0.161. The summed E-state index contributed by atoms with van der Waals surface area (Å²) in [7, 11) is -4.66. The highest BCUT2D eigenvalue weighted by molar-refractivity contribution is 7.47. The molecule has 0 aliphatic carbocycles. The van der Waals surface area contributed by atoms with Gasteiger partial charge in [-0.05, 0) is 44.9 Å². The fourth-order valence-corrected chi connectivity index (χ4v) is 6.55. The highest BCUT2D eigenvalue weighted by atomic mass is 31.2. The molecule has 1 aliphatic rings. The number of carbonyl (C=O) groups is 2. The molecule has 0 bridgehead atoms. The minimum atomic E-state index is -4.66. The van der Waals surface area contributed by atoms with Crippen LogP contribution < -0.4 is 0 Å². The zero-order valence-corrected chi connectivity index (χ0v) is 34.8. The second-order valence-electron chi connectivity index (χ2n) is 14.6. The van der Waals surface area contributed by atoms with Crippen LogP contribution in [0.2, 0.25) is 0 Å². The first-order valence-corrected chi connectivity index (χ1v) is 22.7. The van der Waals surface area contributed by atoms with Crippen LogP contribution in [0.4, 0.5) is 0 Å². The number of esters is 2. The number of hydrogen-bond donors (Lipinski definition) is 4. The first-order chi connectivity index (χ1) is 26.6. The van der Waals surface area contributed by atoms with E-state index in [1.807, 2.05) is 18.2 Å². The van der Waals surface area contributed by atoms with Crippen LogP contribution in [0.15, 0.2) is 36.5 Å². The van der Waals surface area contributed by atoms with Gasteiger partial charge in [-0.25, -0.2) is 4.57 Å². The fourth-order valence-electron chi connectivity index (χ4n) is 5.76. The Morgan fingerprint density at radius 2 is 1.27 bits per heavy atom. The van der Waals surface area contributed by atoms with Crippen molar-refractivity contribution in [1.29, 1.82) is 0 Å². The molecular weight excluding hydrogens is 727 g/mol. The number of allylic oxidation sites excluding steroid dienone is 2. The summed E-state index contributed by atoms with van der Waals surface area (Å²) >= 11 is 0. The van der Waals surface area contributed by atoms with Gasteiger partial charge in [0.1, 0.15) is 18.8 Å². The molecule has 4 N–H and O–H groups in total. The molecule has 1 fully saturated rings. The van der Waals surface area contributed by atoms with Crippen LogP contribution in [-0.4, -0.2) is 89.1 Å². The molecule has 0 aromatic rings. The zero-order valence-electron chi connectivity index (χ0n) is 33.9. The van der Waals surface area contributed by atoms with Crippen molar-refractivity contribution in [1.82, 2.24) is 0 Å². The Labute approximate surface area is 331 Å². The zero-order chi connectivity index (χ0) is 40.4. The highest BCUT2D eigenvalue weighted by Gasteiger charge is 2.35. The molecule has 0 aromatic heterocycles. The number of unbranched alkanes of at least 4 members (excludes halogenated alkanes) is 16. The predicted molar refractivity (Wildman–Crippen MR) is 215 cm³/mol. The molecule has 0 saturated carbocycles. The number of ether oxygens (including phenoxy) is 3. The Bertz CT molecular complexity index is 1100. The Morgan fingerprint density at radius 1 is 0.709 bits per heavy atom. The highest BCUT2D eigenvalue weighted by Crippen LogP contribution is 2.43. The van der Waals surface area contributed by atoms with Gasteiger partial charge in [-0.2, -0.15) is 0 Å². The lowest BCUT2D eigenvalue weighted by atomic mass is 10.0. The van der Waals surface area contributed by atoms with E-state index in [0.29, 0.717) is 25.7 Å². The minimum Gasteiger partial charge on any atom is -0.462 e. The molecule has 1 aliphatic heterocycles. The number of hydrogen-bond acceptors (Lipinski definition) is 11. The van der Waals surface area contributed by atoms with Crippen molar-refractivity contribution in [3.05, 3.63) is 36.5 Å². The number of carbonyl (C=O) groups excluding carboxylic acids is 2. The molecule has 13 heteroatoms. The first-order valence-electron chi connectivity index (χ1n) is 21.2. The Morgan fingerprint density at radius 3 is 1.93 bits per heavy atom. The standard InChI is InChI=1S/C42H75O12P/c1-3-5-7-9-11-12-13-14-15-16-17-19-24-28-41(46)50-34-38(35-52-55(48,49)51-33-37(45)32-43)53-42(47)29-25-21-20-22-26-36(44)30-31-40-39(54-40)27-23-18-10-8-6-4-2/h18,20,22-23,30-31,36-40,43-45H,3-17,19,21,24-29,32-35H2,1-2H3,(H,48,49)/b22-20+,23-18+,31-30-. The second kappa shape index (κ2) is 34.2. The monoisotopic (exact) mass is 802 g/mol. The third-order valence-electron chi connectivity index (χ3n) is 9.23. The maximum absolute atomic E-state index is 12.6. The van der Waals surface area contributed by atoms with Crippen LogP contribution in [0.1, 0.15) is 162 Å². The van der Waals surface area contributed by atoms with Gasteiger partial charge in [-0.15, -0.1) is 0 Å². The van der Waals surface area contributed by atoms with E-state index in [1.54, 1.807) is 6.08 Å². The molecule has 55 heavy (non-hydrogen) atoms. The number of epoxide rings is 1. The van der Waals surface area contributed by atoms with Crippen molar-refractivity contribution >= 4 is 19.8 Å². The van der Waals surface area contributed by atoms with Crippen LogP contribution in [0, 0.1) is 0 Å². The number of rotatable bonds is 38.